The van der Waals surface area contributed by atoms with Gasteiger partial charge in [-0.1, -0.05) is 23.2 Å². The highest BCUT2D eigenvalue weighted by Gasteiger charge is 2.33. The van der Waals surface area contributed by atoms with Crippen LogP contribution in [0.4, 0.5) is 16.2 Å². The van der Waals surface area contributed by atoms with Gasteiger partial charge in [-0.3, -0.25) is 19.4 Å². The average Bonchev–Trinajstić information content (AvgIpc) is 3.11. The number of anilines is 2. The molecule has 0 saturated carbocycles. The smallest absolute Gasteiger partial charge is 0.496 e. The minimum absolute atomic E-state index is 0.133. The van der Waals surface area contributed by atoms with Crippen LogP contribution >= 0.6 is 23.2 Å². The van der Waals surface area contributed by atoms with Gasteiger partial charge >= 0.3 is 6.16 Å². The number of nitrogen functional groups attached to an aromatic ring is 2. The van der Waals surface area contributed by atoms with Gasteiger partial charge in [0.25, 0.3) is 11.8 Å². The van der Waals surface area contributed by atoms with Gasteiger partial charge in [-0.2, -0.15) is 0 Å². The maximum Gasteiger partial charge on any atom is 0.508 e. The summed E-state index contributed by atoms with van der Waals surface area (Å²) in [5.41, 5.74) is 12.9. The van der Waals surface area contributed by atoms with Crippen molar-refractivity contribution >= 4 is 52.5 Å². The van der Waals surface area contributed by atoms with Crippen molar-refractivity contribution < 1.29 is 42.8 Å². The maximum atomic E-state index is 13.0. The zero-order chi connectivity index (χ0) is 36.4. The Balaban J connectivity index is 1.14. The number of rotatable bonds is 14. The van der Waals surface area contributed by atoms with Gasteiger partial charge in [0, 0.05) is 65.6 Å². The number of nitrogens with two attached hydrogens (primary N) is 2. The Labute approximate surface area is 301 Å². The molecule has 17 heteroatoms. The molecule has 4 atom stereocenters. The highest BCUT2D eigenvalue weighted by atomic mass is 35.5. The molecule has 2 aliphatic heterocycles. The van der Waals surface area contributed by atoms with Crippen LogP contribution in [0, 0.1) is 0 Å². The molecule has 2 fully saturated rings. The van der Waals surface area contributed by atoms with Crippen molar-refractivity contribution in [3.8, 4) is 11.5 Å². The third-order valence-corrected chi connectivity index (χ3v) is 9.56. The highest BCUT2D eigenvalue weighted by molar-refractivity contribution is 6.34. The lowest BCUT2D eigenvalue weighted by atomic mass is 10.0. The van der Waals surface area contributed by atoms with Gasteiger partial charge in [-0.15, -0.1) is 0 Å². The summed E-state index contributed by atoms with van der Waals surface area (Å²) in [6, 6.07) is 5.50. The van der Waals surface area contributed by atoms with E-state index in [1.165, 1.54) is 38.5 Å². The Kier molecular flexibility index (Phi) is 14.4. The van der Waals surface area contributed by atoms with Crippen molar-refractivity contribution in [3.05, 3.63) is 45.4 Å². The predicted molar refractivity (Wildman–Crippen MR) is 188 cm³/mol. The molecule has 2 saturated heterocycles. The highest BCUT2D eigenvalue weighted by Crippen LogP contribution is 2.30. The van der Waals surface area contributed by atoms with Gasteiger partial charge in [-0.25, -0.2) is 4.79 Å². The molecular weight excluding hydrogens is 695 g/mol. The minimum Gasteiger partial charge on any atom is -0.496 e. The molecule has 6 N–H and O–H groups in total. The average molecular weight is 742 g/mol. The number of hydrogen-bond acceptors (Lipinski definition) is 13. The summed E-state index contributed by atoms with van der Waals surface area (Å²) in [4.78, 5) is 42.6. The molecule has 2 heterocycles. The fourth-order valence-electron chi connectivity index (χ4n) is 6.06. The van der Waals surface area contributed by atoms with Gasteiger partial charge in [-0.05, 0) is 25.0 Å². The Hall–Kier alpha value is -3.73. The zero-order valence-electron chi connectivity index (χ0n) is 28.7. The number of ether oxygens (including phenoxy) is 6. The van der Waals surface area contributed by atoms with Crippen LogP contribution in [0.3, 0.4) is 0 Å². The summed E-state index contributed by atoms with van der Waals surface area (Å²) in [5, 5.41) is 6.56. The lowest BCUT2D eigenvalue weighted by Gasteiger charge is -2.38. The van der Waals surface area contributed by atoms with E-state index in [2.05, 4.69) is 20.4 Å². The third kappa shape index (κ3) is 10.2. The SMILES string of the molecule is COc1cc(N)c(Cl)cc1C(=O)NC1CCN(CCOC(=O)OCCN2CCC(NC(=O)c3cc(Cl)c(N)cc3OC)C(OC)C2)CC1OC. The van der Waals surface area contributed by atoms with Crippen molar-refractivity contribution in [3.63, 3.8) is 0 Å². The standard InChI is InChI=1S/C33H46Cl2N6O9/c1-45-27-15-23(36)21(34)13-19(27)31(42)38-25-5-7-40(17-29(25)47-3)9-11-49-33(44)50-12-10-41-8-6-26(30(18-41)48-4)39-32(43)20-14-22(35)24(37)16-28(20)46-2/h13-16,25-26,29-30H,5-12,17-18,36-37H2,1-4H3,(H,38,42)(H,39,43). The number of halogens is 2. The fourth-order valence-corrected chi connectivity index (χ4v) is 6.38. The van der Waals surface area contributed by atoms with E-state index in [0.717, 1.165) is 0 Å². The van der Waals surface area contributed by atoms with E-state index >= 15 is 0 Å². The van der Waals surface area contributed by atoms with E-state index in [0.29, 0.717) is 75.0 Å². The molecule has 2 aliphatic rings. The van der Waals surface area contributed by atoms with E-state index in [9.17, 15) is 14.4 Å². The van der Waals surface area contributed by atoms with E-state index in [1.807, 2.05) is 0 Å². The Morgan fingerprint density at radius 3 is 1.48 bits per heavy atom. The number of carbonyl (C=O) groups excluding carboxylic acids is 3. The van der Waals surface area contributed by atoms with Crippen LogP contribution in [-0.2, 0) is 18.9 Å². The molecule has 0 bridgehead atoms. The molecule has 4 unspecified atom stereocenters. The lowest BCUT2D eigenvalue weighted by molar-refractivity contribution is -0.0103. The molecule has 4 rings (SSSR count). The van der Waals surface area contributed by atoms with Gasteiger partial charge < -0.3 is 50.5 Å². The van der Waals surface area contributed by atoms with Crippen LogP contribution in [0.5, 0.6) is 11.5 Å². The van der Waals surface area contributed by atoms with Gasteiger partial charge in [0.2, 0.25) is 0 Å². The molecule has 0 aromatic heterocycles. The van der Waals surface area contributed by atoms with Crippen LogP contribution in [0.1, 0.15) is 33.6 Å². The number of piperidine rings is 2. The van der Waals surface area contributed by atoms with Crippen LogP contribution < -0.4 is 31.6 Å². The number of carbonyl (C=O) groups is 3. The predicted octanol–water partition coefficient (Wildman–Crippen LogP) is 2.67. The molecule has 0 spiro atoms. The fraction of sp³-hybridized carbons (Fsp3) is 0.545. The van der Waals surface area contributed by atoms with Crippen LogP contribution in [0.15, 0.2) is 24.3 Å². The normalized spacial score (nSPS) is 21.2. The molecule has 50 heavy (non-hydrogen) atoms. The summed E-state index contributed by atoms with van der Waals surface area (Å²) in [6.45, 7) is 3.57. The largest absolute Gasteiger partial charge is 0.508 e. The molecule has 276 valence electrons. The van der Waals surface area contributed by atoms with Crippen molar-refractivity contribution in [2.24, 2.45) is 0 Å². The summed E-state index contributed by atoms with van der Waals surface area (Å²) in [7, 11) is 6.09. The van der Waals surface area contributed by atoms with Crippen molar-refractivity contribution in [1.29, 1.82) is 0 Å². The number of methoxy groups -OCH3 is 4. The summed E-state index contributed by atoms with van der Waals surface area (Å²) in [6.07, 6.45) is -0.100. The van der Waals surface area contributed by atoms with E-state index in [1.54, 1.807) is 14.2 Å². The number of benzene rings is 2. The third-order valence-electron chi connectivity index (χ3n) is 8.91. The Morgan fingerprint density at radius 2 is 1.12 bits per heavy atom. The topological polar surface area (TPSA) is 189 Å². The lowest BCUT2D eigenvalue weighted by Crippen LogP contribution is -2.55. The quantitative estimate of drug-likeness (QED) is 0.164. The molecule has 2 aromatic rings. The molecule has 0 radical (unpaired) electrons. The number of likely N-dealkylation sites (tertiary alicyclic amines) is 2. The molecule has 15 nitrogen and oxygen atoms in total. The number of amides is 2. The van der Waals surface area contributed by atoms with Crippen LogP contribution in [-0.4, -0.2) is 133 Å². The second-order valence-corrected chi connectivity index (χ2v) is 12.8. The van der Waals surface area contributed by atoms with E-state index < -0.39 is 6.16 Å². The number of nitrogens with zero attached hydrogens (tertiary/aromatic N) is 2. The van der Waals surface area contributed by atoms with Crippen molar-refractivity contribution in [2.45, 2.75) is 37.1 Å². The minimum atomic E-state index is -0.756. The van der Waals surface area contributed by atoms with Gasteiger partial charge in [0.05, 0.1) is 71.1 Å². The van der Waals surface area contributed by atoms with E-state index in [4.69, 9.17) is 63.1 Å². The van der Waals surface area contributed by atoms with Gasteiger partial charge in [0.15, 0.2) is 0 Å². The first-order valence-electron chi connectivity index (χ1n) is 16.1. The second kappa shape index (κ2) is 18.5. The molecular formula is C33H46Cl2N6O9. The summed E-state index contributed by atoms with van der Waals surface area (Å²) in [5.74, 6) is -0.0308. The molecule has 2 aromatic carbocycles. The Bertz CT molecular complexity index is 1390. The van der Waals surface area contributed by atoms with E-state index in [-0.39, 0.29) is 70.5 Å². The van der Waals surface area contributed by atoms with Crippen LogP contribution in [0.25, 0.3) is 0 Å². The first-order chi connectivity index (χ1) is 24.0. The number of nitrogens with one attached hydrogen (secondary N) is 2. The summed E-state index contributed by atoms with van der Waals surface area (Å²) < 4.78 is 32.6. The molecule has 2 amide bonds. The van der Waals surface area contributed by atoms with Crippen molar-refractivity contribution in [1.82, 2.24) is 20.4 Å². The second-order valence-electron chi connectivity index (χ2n) is 12.0. The first-order valence-corrected chi connectivity index (χ1v) is 16.9. The van der Waals surface area contributed by atoms with Crippen LogP contribution in [0.2, 0.25) is 10.0 Å². The summed E-state index contributed by atoms with van der Waals surface area (Å²) >= 11 is 12.3. The maximum absolute atomic E-state index is 13.0. The zero-order valence-corrected chi connectivity index (χ0v) is 30.2. The monoisotopic (exact) mass is 740 g/mol. The first kappa shape index (κ1) is 39.1. The number of hydrogen-bond donors (Lipinski definition) is 4. The molecule has 0 aliphatic carbocycles. The van der Waals surface area contributed by atoms with Gasteiger partial charge in [0.1, 0.15) is 24.7 Å². The Morgan fingerprint density at radius 1 is 0.720 bits per heavy atom. The van der Waals surface area contributed by atoms with Crippen molar-refractivity contribution in [2.75, 3.05) is 92.4 Å².